The van der Waals surface area contributed by atoms with Crippen LogP contribution >= 0.6 is 0 Å². The Bertz CT molecular complexity index is 150. The van der Waals surface area contributed by atoms with E-state index in [1.165, 1.54) is 19.3 Å². The summed E-state index contributed by atoms with van der Waals surface area (Å²) in [5, 5.41) is 11.8. The number of hydrogen-bond donors (Lipinski definition) is 1. The molecule has 0 fully saturated rings. The van der Waals surface area contributed by atoms with Crippen molar-refractivity contribution < 1.29 is 5.21 Å². The highest BCUT2D eigenvalue weighted by molar-refractivity contribution is 5.94. The van der Waals surface area contributed by atoms with Crippen molar-refractivity contribution >= 4 is 5.71 Å². The van der Waals surface area contributed by atoms with E-state index in [1.807, 2.05) is 19.1 Å². The van der Waals surface area contributed by atoms with E-state index in [0.717, 1.165) is 18.6 Å². The Labute approximate surface area is 75.0 Å². The molecule has 0 rings (SSSR count). The zero-order chi connectivity index (χ0) is 9.23. The molecule has 2 nitrogen and oxygen atoms in total. The Balaban J connectivity index is 3.46. The van der Waals surface area contributed by atoms with Crippen molar-refractivity contribution in [2.45, 2.75) is 46.0 Å². The van der Waals surface area contributed by atoms with Gasteiger partial charge in [-0.2, -0.15) is 0 Å². The fourth-order valence-electron chi connectivity index (χ4n) is 1.09. The maximum Gasteiger partial charge on any atom is 0.0792 e. The molecular weight excluding hydrogens is 150 g/mol. The van der Waals surface area contributed by atoms with Gasteiger partial charge < -0.3 is 5.21 Å². The SMILES string of the molecule is C/C=C/C(CCCCCC)=N/O. The van der Waals surface area contributed by atoms with E-state index < -0.39 is 0 Å². The van der Waals surface area contributed by atoms with E-state index in [9.17, 15) is 0 Å². The van der Waals surface area contributed by atoms with Crippen LogP contribution in [0.1, 0.15) is 46.0 Å². The smallest absolute Gasteiger partial charge is 0.0792 e. The first-order valence-corrected chi connectivity index (χ1v) is 4.68. The second kappa shape index (κ2) is 8.31. The largest absolute Gasteiger partial charge is 0.411 e. The van der Waals surface area contributed by atoms with Gasteiger partial charge in [-0.25, -0.2) is 0 Å². The van der Waals surface area contributed by atoms with Crippen molar-refractivity contribution in [2.24, 2.45) is 5.16 Å². The molecule has 0 amide bonds. The van der Waals surface area contributed by atoms with E-state index >= 15 is 0 Å². The van der Waals surface area contributed by atoms with Gasteiger partial charge in [0.05, 0.1) is 5.71 Å². The predicted molar refractivity (Wildman–Crippen MR) is 52.8 cm³/mol. The first-order chi connectivity index (χ1) is 5.85. The average molecular weight is 169 g/mol. The third-order valence-electron chi connectivity index (χ3n) is 1.77. The van der Waals surface area contributed by atoms with Crippen LogP contribution in [-0.2, 0) is 0 Å². The van der Waals surface area contributed by atoms with Crippen molar-refractivity contribution in [3.05, 3.63) is 12.2 Å². The molecule has 12 heavy (non-hydrogen) atoms. The van der Waals surface area contributed by atoms with E-state index in [1.54, 1.807) is 0 Å². The lowest BCUT2D eigenvalue weighted by molar-refractivity contribution is 0.318. The minimum Gasteiger partial charge on any atom is -0.411 e. The lowest BCUT2D eigenvalue weighted by Gasteiger charge is -1.98. The molecule has 0 spiro atoms. The maximum absolute atomic E-state index is 8.55. The fraction of sp³-hybridized carbons (Fsp3) is 0.700. The number of nitrogens with zero attached hydrogens (tertiary/aromatic N) is 1. The molecule has 0 aliphatic heterocycles. The summed E-state index contributed by atoms with van der Waals surface area (Å²) < 4.78 is 0. The fourth-order valence-corrected chi connectivity index (χ4v) is 1.09. The molecule has 0 heterocycles. The summed E-state index contributed by atoms with van der Waals surface area (Å²) in [5.41, 5.74) is 0.786. The van der Waals surface area contributed by atoms with Gasteiger partial charge in [0.25, 0.3) is 0 Å². The van der Waals surface area contributed by atoms with Crippen LogP contribution in [-0.4, -0.2) is 10.9 Å². The summed E-state index contributed by atoms with van der Waals surface area (Å²) in [6.45, 7) is 4.12. The average Bonchev–Trinajstić information content (AvgIpc) is 2.10. The minimum absolute atomic E-state index is 0.786. The van der Waals surface area contributed by atoms with Crippen molar-refractivity contribution in [3.63, 3.8) is 0 Å². The van der Waals surface area contributed by atoms with Crippen LogP contribution in [0.3, 0.4) is 0 Å². The van der Waals surface area contributed by atoms with Gasteiger partial charge in [-0.15, -0.1) is 0 Å². The third kappa shape index (κ3) is 5.96. The van der Waals surface area contributed by atoms with Gasteiger partial charge >= 0.3 is 0 Å². The zero-order valence-electron chi connectivity index (χ0n) is 8.08. The van der Waals surface area contributed by atoms with Crippen molar-refractivity contribution in [2.75, 3.05) is 0 Å². The maximum atomic E-state index is 8.55. The summed E-state index contributed by atoms with van der Waals surface area (Å²) in [5.74, 6) is 0. The highest BCUT2D eigenvalue weighted by Gasteiger charge is 1.94. The molecule has 0 unspecified atom stereocenters. The topological polar surface area (TPSA) is 32.6 Å². The first-order valence-electron chi connectivity index (χ1n) is 4.68. The molecule has 0 saturated carbocycles. The minimum atomic E-state index is 0.786. The Kier molecular flexibility index (Phi) is 7.76. The number of allylic oxidation sites excluding steroid dienone is 2. The molecule has 1 N–H and O–H groups in total. The summed E-state index contributed by atoms with van der Waals surface area (Å²) in [4.78, 5) is 0. The van der Waals surface area contributed by atoms with Gasteiger partial charge in [0.2, 0.25) is 0 Å². The summed E-state index contributed by atoms with van der Waals surface area (Å²) in [6, 6.07) is 0. The summed E-state index contributed by atoms with van der Waals surface area (Å²) >= 11 is 0. The van der Waals surface area contributed by atoms with Crippen molar-refractivity contribution in [1.82, 2.24) is 0 Å². The first kappa shape index (κ1) is 11.2. The molecule has 0 atom stereocenters. The second-order valence-electron chi connectivity index (χ2n) is 2.90. The van der Waals surface area contributed by atoms with Crippen LogP contribution in [0.2, 0.25) is 0 Å². The third-order valence-corrected chi connectivity index (χ3v) is 1.77. The van der Waals surface area contributed by atoms with Crippen LogP contribution in [0.15, 0.2) is 17.3 Å². The molecule has 70 valence electrons. The number of rotatable bonds is 6. The molecule has 0 aromatic rings. The van der Waals surface area contributed by atoms with Crippen LogP contribution in [0, 0.1) is 0 Å². The molecule has 0 bridgehead atoms. The molecule has 0 aromatic carbocycles. The highest BCUT2D eigenvalue weighted by Crippen LogP contribution is 2.04. The molecule has 0 aromatic heterocycles. The van der Waals surface area contributed by atoms with Gasteiger partial charge in [-0.1, -0.05) is 37.4 Å². The molecule has 0 saturated heterocycles. The normalized spacial score (nSPS) is 12.7. The van der Waals surface area contributed by atoms with Gasteiger partial charge in [0.1, 0.15) is 0 Å². The molecule has 0 aliphatic rings. The monoisotopic (exact) mass is 169 g/mol. The lowest BCUT2D eigenvalue weighted by Crippen LogP contribution is -1.93. The summed E-state index contributed by atoms with van der Waals surface area (Å²) in [7, 11) is 0. The molecule has 0 radical (unpaired) electrons. The Hall–Kier alpha value is -0.790. The molecule has 0 aliphatic carbocycles. The van der Waals surface area contributed by atoms with Gasteiger partial charge in [0, 0.05) is 0 Å². The van der Waals surface area contributed by atoms with E-state index in [-0.39, 0.29) is 0 Å². The van der Waals surface area contributed by atoms with E-state index in [2.05, 4.69) is 12.1 Å². The van der Waals surface area contributed by atoms with Gasteiger partial charge in [0.15, 0.2) is 0 Å². The Morgan fingerprint density at radius 2 is 2.08 bits per heavy atom. The molecule has 2 heteroatoms. The van der Waals surface area contributed by atoms with Crippen LogP contribution in [0.5, 0.6) is 0 Å². The number of oxime groups is 1. The van der Waals surface area contributed by atoms with Crippen molar-refractivity contribution in [1.29, 1.82) is 0 Å². The quantitative estimate of drug-likeness (QED) is 0.281. The van der Waals surface area contributed by atoms with Gasteiger partial charge in [-0.05, 0) is 25.8 Å². The van der Waals surface area contributed by atoms with Crippen LogP contribution in [0.4, 0.5) is 0 Å². The van der Waals surface area contributed by atoms with Crippen molar-refractivity contribution in [3.8, 4) is 0 Å². The van der Waals surface area contributed by atoms with E-state index in [4.69, 9.17) is 5.21 Å². The number of unbranched alkanes of at least 4 members (excludes halogenated alkanes) is 3. The number of hydrogen-bond acceptors (Lipinski definition) is 2. The predicted octanol–water partition coefficient (Wildman–Crippen LogP) is 3.36. The second-order valence-corrected chi connectivity index (χ2v) is 2.90. The zero-order valence-corrected chi connectivity index (χ0v) is 8.08. The lowest BCUT2D eigenvalue weighted by atomic mass is 10.1. The Morgan fingerprint density at radius 1 is 1.33 bits per heavy atom. The van der Waals surface area contributed by atoms with Crippen LogP contribution in [0.25, 0.3) is 0 Å². The molecular formula is C10H19NO. The standard InChI is InChI=1S/C10H19NO/c1-3-5-6-7-9-10(11-12)8-4-2/h4,8,12H,3,5-7,9H2,1-2H3/b8-4+,11-10-. The Morgan fingerprint density at radius 3 is 2.58 bits per heavy atom. The summed E-state index contributed by atoms with van der Waals surface area (Å²) in [6.07, 6.45) is 9.51. The highest BCUT2D eigenvalue weighted by atomic mass is 16.4. The van der Waals surface area contributed by atoms with Gasteiger partial charge in [-0.3, -0.25) is 0 Å². The van der Waals surface area contributed by atoms with E-state index in [0.29, 0.717) is 0 Å². The van der Waals surface area contributed by atoms with Crippen LogP contribution < -0.4 is 0 Å².